The highest BCUT2D eigenvalue weighted by atomic mass is 16.1. The van der Waals surface area contributed by atoms with Gasteiger partial charge in [0.05, 0.1) is 22.5 Å². The van der Waals surface area contributed by atoms with Crippen molar-refractivity contribution in [2.24, 2.45) is 0 Å². The second-order valence-electron chi connectivity index (χ2n) is 9.03. The van der Waals surface area contributed by atoms with Gasteiger partial charge in [0.2, 0.25) is 0 Å². The number of rotatable bonds is 7. The number of anilines is 4. The number of hydrogen-bond donors (Lipinski definition) is 2. The zero-order valence-electron chi connectivity index (χ0n) is 20.9. The van der Waals surface area contributed by atoms with Crippen LogP contribution in [0.25, 0.3) is 0 Å². The minimum atomic E-state index is -0.139. The summed E-state index contributed by atoms with van der Waals surface area (Å²) in [5.41, 5.74) is 8.49. The number of aryl methyl sites for hydroxylation is 3. The molecule has 0 amide bonds. The van der Waals surface area contributed by atoms with Gasteiger partial charge in [-0.1, -0.05) is 81.4 Å². The third-order valence-corrected chi connectivity index (χ3v) is 7.00. The number of para-hydroxylation sites is 2. The maximum atomic E-state index is 13.9. The van der Waals surface area contributed by atoms with Gasteiger partial charge in [-0.2, -0.15) is 0 Å². The molecule has 0 atom stereocenters. The first-order valence-corrected chi connectivity index (χ1v) is 12.6. The van der Waals surface area contributed by atoms with Gasteiger partial charge in [-0.25, -0.2) is 0 Å². The Kier molecular flexibility index (Phi) is 6.43. The van der Waals surface area contributed by atoms with Crippen LogP contribution in [0.2, 0.25) is 0 Å². The van der Waals surface area contributed by atoms with Crippen LogP contribution in [0.5, 0.6) is 0 Å². The highest BCUT2D eigenvalue weighted by molar-refractivity contribution is 6.32. The number of benzene rings is 4. The van der Waals surface area contributed by atoms with Crippen molar-refractivity contribution >= 4 is 34.3 Å². The Hall–Kier alpha value is -4.18. The molecule has 1 aliphatic rings. The SMILES string of the molecule is CCc1ccccc1Nc1ccc(Nc2c(CC)cccc2CC)c2c1C(=O)c1ccccc1C2=O. The van der Waals surface area contributed by atoms with Crippen molar-refractivity contribution in [3.05, 3.63) is 118 Å². The first-order chi connectivity index (χ1) is 17.6. The van der Waals surface area contributed by atoms with E-state index in [1.54, 1.807) is 12.1 Å². The largest absolute Gasteiger partial charge is 0.355 e. The molecule has 0 unspecified atom stereocenters. The Morgan fingerprint density at radius 2 is 0.972 bits per heavy atom. The van der Waals surface area contributed by atoms with Crippen LogP contribution in [0.4, 0.5) is 22.7 Å². The number of carbonyl (C=O) groups excluding carboxylic acids is 2. The van der Waals surface area contributed by atoms with Crippen molar-refractivity contribution in [1.29, 1.82) is 0 Å². The lowest BCUT2D eigenvalue weighted by Crippen LogP contribution is -2.23. The lowest BCUT2D eigenvalue weighted by Gasteiger charge is -2.25. The zero-order chi connectivity index (χ0) is 25.2. The maximum absolute atomic E-state index is 13.9. The van der Waals surface area contributed by atoms with Crippen LogP contribution in [0.3, 0.4) is 0 Å². The molecule has 2 N–H and O–H groups in total. The Morgan fingerprint density at radius 1 is 0.500 bits per heavy atom. The van der Waals surface area contributed by atoms with Crippen LogP contribution in [-0.2, 0) is 19.3 Å². The van der Waals surface area contributed by atoms with Gasteiger partial charge in [-0.05, 0) is 54.2 Å². The van der Waals surface area contributed by atoms with E-state index in [0.717, 1.165) is 36.2 Å². The Labute approximate surface area is 212 Å². The average Bonchev–Trinajstić information content (AvgIpc) is 2.92. The fourth-order valence-corrected chi connectivity index (χ4v) is 5.06. The molecule has 4 nitrogen and oxygen atoms in total. The Morgan fingerprint density at radius 3 is 1.53 bits per heavy atom. The van der Waals surface area contributed by atoms with Crippen LogP contribution in [0.1, 0.15) is 69.3 Å². The smallest absolute Gasteiger partial charge is 0.196 e. The van der Waals surface area contributed by atoms with E-state index >= 15 is 0 Å². The Bertz CT molecular complexity index is 1460. The van der Waals surface area contributed by atoms with Gasteiger partial charge in [0.25, 0.3) is 0 Å². The molecule has 5 rings (SSSR count). The first kappa shape index (κ1) is 23.6. The molecule has 180 valence electrons. The van der Waals surface area contributed by atoms with Gasteiger partial charge in [-0.3, -0.25) is 9.59 Å². The van der Waals surface area contributed by atoms with Gasteiger partial charge in [0.1, 0.15) is 0 Å². The molecule has 1 aliphatic carbocycles. The molecule has 0 aromatic heterocycles. The van der Waals surface area contributed by atoms with Gasteiger partial charge >= 0.3 is 0 Å². The van der Waals surface area contributed by atoms with E-state index in [2.05, 4.69) is 55.7 Å². The van der Waals surface area contributed by atoms with Crippen molar-refractivity contribution in [2.45, 2.75) is 40.0 Å². The highest BCUT2D eigenvalue weighted by Crippen LogP contribution is 2.40. The molecule has 0 radical (unpaired) electrons. The van der Waals surface area contributed by atoms with E-state index in [4.69, 9.17) is 0 Å². The van der Waals surface area contributed by atoms with Crippen LogP contribution < -0.4 is 10.6 Å². The van der Waals surface area contributed by atoms with E-state index < -0.39 is 0 Å². The van der Waals surface area contributed by atoms with Crippen molar-refractivity contribution in [3.63, 3.8) is 0 Å². The topological polar surface area (TPSA) is 58.2 Å². The second kappa shape index (κ2) is 9.82. The quantitative estimate of drug-likeness (QED) is 0.254. The summed E-state index contributed by atoms with van der Waals surface area (Å²) in [6.45, 7) is 6.35. The van der Waals surface area contributed by atoms with Gasteiger partial charge < -0.3 is 10.6 Å². The monoisotopic (exact) mass is 474 g/mol. The molecule has 0 aliphatic heterocycles. The predicted molar refractivity (Wildman–Crippen MR) is 147 cm³/mol. The summed E-state index contributed by atoms with van der Waals surface area (Å²) in [6, 6.07) is 25.3. The molecule has 0 bridgehead atoms. The molecular formula is C32H30N2O2. The van der Waals surface area contributed by atoms with Crippen LogP contribution in [-0.4, -0.2) is 11.6 Å². The minimum Gasteiger partial charge on any atom is -0.355 e. The fraction of sp³-hybridized carbons (Fsp3) is 0.188. The minimum absolute atomic E-state index is 0.137. The lowest BCUT2D eigenvalue weighted by molar-refractivity contribution is 0.0980. The molecule has 36 heavy (non-hydrogen) atoms. The summed E-state index contributed by atoms with van der Waals surface area (Å²) in [5, 5.41) is 7.03. The molecule has 0 saturated carbocycles. The van der Waals surface area contributed by atoms with Crippen molar-refractivity contribution in [1.82, 2.24) is 0 Å². The normalized spacial score (nSPS) is 12.2. The summed E-state index contributed by atoms with van der Waals surface area (Å²) in [5.74, 6) is -0.276. The number of hydrogen-bond acceptors (Lipinski definition) is 4. The molecule has 4 heteroatoms. The molecule has 0 fully saturated rings. The van der Waals surface area contributed by atoms with Gasteiger partial charge in [0, 0.05) is 22.5 Å². The molecule has 4 aromatic rings. The standard InChI is InChI=1S/C32H30N2O2/c1-4-20-12-7-10-17-25(20)33-26-18-19-27(34-30-21(5-2)13-11-14-22(30)6-3)29-28(26)31(35)23-15-8-9-16-24(23)32(29)36/h7-19,33-34H,4-6H2,1-3H3. The summed E-state index contributed by atoms with van der Waals surface area (Å²) in [6.07, 6.45) is 2.58. The second-order valence-corrected chi connectivity index (χ2v) is 9.03. The highest BCUT2D eigenvalue weighted by Gasteiger charge is 2.34. The summed E-state index contributed by atoms with van der Waals surface area (Å²) < 4.78 is 0. The number of ketones is 2. The number of carbonyl (C=O) groups is 2. The summed E-state index contributed by atoms with van der Waals surface area (Å²) in [7, 11) is 0. The van der Waals surface area contributed by atoms with Gasteiger partial charge in [-0.15, -0.1) is 0 Å². The third-order valence-electron chi connectivity index (χ3n) is 7.00. The first-order valence-electron chi connectivity index (χ1n) is 12.6. The van der Waals surface area contributed by atoms with E-state index in [-0.39, 0.29) is 11.6 Å². The van der Waals surface area contributed by atoms with E-state index in [1.165, 1.54) is 11.1 Å². The van der Waals surface area contributed by atoms with E-state index in [9.17, 15) is 9.59 Å². The fourth-order valence-electron chi connectivity index (χ4n) is 5.06. The number of fused-ring (bicyclic) bond motifs is 2. The van der Waals surface area contributed by atoms with Crippen LogP contribution in [0.15, 0.2) is 78.9 Å². The molecule has 0 spiro atoms. The molecule has 0 saturated heterocycles. The van der Waals surface area contributed by atoms with E-state index in [0.29, 0.717) is 33.6 Å². The zero-order valence-corrected chi connectivity index (χ0v) is 20.9. The van der Waals surface area contributed by atoms with Gasteiger partial charge in [0.15, 0.2) is 11.6 Å². The van der Waals surface area contributed by atoms with Crippen molar-refractivity contribution in [2.75, 3.05) is 10.6 Å². The average molecular weight is 475 g/mol. The lowest BCUT2D eigenvalue weighted by atomic mass is 9.82. The van der Waals surface area contributed by atoms with Crippen molar-refractivity contribution in [3.8, 4) is 0 Å². The van der Waals surface area contributed by atoms with Crippen LogP contribution >= 0.6 is 0 Å². The molecule has 4 aromatic carbocycles. The Balaban J connectivity index is 1.70. The predicted octanol–water partition coefficient (Wildman–Crippen LogP) is 7.64. The summed E-state index contributed by atoms with van der Waals surface area (Å²) in [4.78, 5) is 27.7. The van der Waals surface area contributed by atoms with E-state index in [1.807, 2.05) is 42.5 Å². The molecule has 0 heterocycles. The van der Waals surface area contributed by atoms with Crippen LogP contribution in [0, 0.1) is 0 Å². The molecular weight excluding hydrogens is 444 g/mol. The number of nitrogens with one attached hydrogen (secondary N) is 2. The summed E-state index contributed by atoms with van der Waals surface area (Å²) >= 11 is 0. The van der Waals surface area contributed by atoms with Crippen molar-refractivity contribution < 1.29 is 9.59 Å². The maximum Gasteiger partial charge on any atom is 0.196 e. The third kappa shape index (κ3) is 3.99.